The Labute approximate surface area is 159 Å². The van der Waals surface area contributed by atoms with Crippen LogP contribution in [0, 0.1) is 0 Å². The van der Waals surface area contributed by atoms with Gasteiger partial charge in [-0.1, -0.05) is 13.0 Å². The van der Waals surface area contributed by atoms with Crippen molar-refractivity contribution in [1.29, 1.82) is 0 Å². The number of imidazole rings is 1. The smallest absolute Gasteiger partial charge is 0.291 e. The Morgan fingerprint density at radius 2 is 2.11 bits per heavy atom. The Kier molecular flexibility index (Phi) is 5.78. The van der Waals surface area contributed by atoms with Crippen molar-refractivity contribution >= 4 is 17.5 Å². The molecule has 1 atom stereocenters. The summed E-state index contributed by atoms with van der Waals surface area (Å²) in [4.78, 5) is 29.9. The molecule has 0 bridgehead atoms. The number of anilines is 1. The third-order valence-electron chi connectivity index (χ3n) is 4.85. The van der Waals surface area contributed by atoms with E-state index in [1.165, 1.54) is 0 Å². The lowest BCUT2D eigenvalue weighted by Crippen LogP contribution is -2.33. The number of nitrogens with zero attached hydrogens (tertiary/aromatic N) is 2. The monoisotopic (exact) mass is 370 g/mol. The first kappa shape index (κ1) is 18.9. The standard InChI is InChI=1S/C20H26N4O3/c1-4-13(2)21-19(25)17-16-10-5-6-11-24(16)18(23-17)20(26)22-14-8-7-9-15(12-14)27-3/h7-9,12-13H,4-6,10-11H2,1-3H3,(H,21,25)(H,22,26). The molecule has 1 aromatic heterocycles. The quantitative estimate of drug-likeness (QED) is 0.818. The number of hydrogen-bond donors (Lipinski definition) is 2. The van der Waals surface area contributed by atoms with Gasteiger partial charge in [0.15, 0.2) is 5.82 Å². The number of hydrogen-bond acceptors (Lipinski definition) is 4. The van der Waals surface area contributed by atoms with E-state index in [1.807, 2.05) is 24.5 Å². The van der Waals surface area contributed by atoms with Gasteiger partial charge in [0, 0.05) is 24.3 Å². The van der Waals surface area contributed by atoms with E-state index in [9.17, 15) is 9.59 Å². The molecular weight excluding hydrogens is 344 g/mol. The maximum atomic E-state index is 12.8. The highest BCUT2D eigenvalue weighted by Gasteiger charge is 2.27. The van der Waals surface area contributed by atoms with E-state index in [4.69, 9.17) is 4.74 Å². The van der Waals surface area contributed by atoms with E-state index in [0.717, 1.165) is 31.4 Å². The molecule has 1 aromatic carbocycles. The highest BCUT2D eigenvalue weighted by Crippen LogP contribution is 2.23. The van der Waals surface area contributed by atoms with Gasteiger partial charge in [-0.15, -0.1) is 0 Å². The molecule has 0 saturated carbocycles. The Hall–Kier alpha value is -2.83. The predicted molar refractivity (Wildman–Crippen MR) is 103 cm³/mol. The molecule has 2 N–H and O–H groups in total. The Morgan fingerprint density at radius 3 is 2.85 bits per heavy atom. The molecule has 7 heteroatoms. The van der Waals surface area contributed by atoms with Crippen LogP contribution in [-0.4, -0.2) is 34.5 Å². The van der Waals surface area contributed by atoms with E-state index >= 15 is 0 Å². The second kappa shape index (κ2) is 8.24. The summed E-state index contributed by atoms with van der Waals surface area (Å²) >= 11 is 0. The zero-order chi connectivity index (χ0) is 19.4. The second-order valence-corrected chi connectivity index (χ2v) is 6.81. The molecule has 144 valence electrons. The highest BCUT2D eigenvalue weighted by atomic mass is 16.5. The average Bonchev–Trinajstić information content (AvgIpc) is 3.08. The molecule has 0 fully saturated rings. The van der Waals surface area contributed by atoms with Crippen molar-refractivity contribution in [3.63, 3.8) is 0 Å². The molecule has 2 aromatic rings. The molecule has 3 rings (SSSR count). The number of ether oxygens (including phenoxy) is 1. The summed E-state index contributed by atoms with van der Waals surface area (Å²) in [6.07, 6.45) is 3.55. The van der Waals surface area contributed by atoms with Crippen LogP contribution in [0.4, 0.5) is 5.69 Å². The largest absolute Gasteiger partial charge is 0.497 e. The van der Waals surface area contributed by atoms with E-state index < -0.39 is 0 Å². The zero-order valence-corrected chi connectivity index (χ0v) is 16.0. The molecule has 0 aliphatic carbocycles. The minimum atomic E-state index is -0.325. The number of fused-ring (bicyclic) bond motifs is 1. The third kappa shape index (κ3) is 4.13. The number of carbonyl (C=O) groups is 2. The maximum Gasteiger partial charge on any atom is 0.291 e. The number of carbonyl (C=O) groups excluding carboxylic acids is 2. The molecule has 1 aliphatic rings. The Morgan fingerprint density at radius 1 is 1.30 bits per heavy atom. The fourth-order valence-electron chi connectivity index (χ4n) is 3.18. The van der Waals surface area contributed by atoms with Crippen molar-refractivity contribution in [2.45, 2.75) is 52.1 Å². The molecule has 1 aliphatic heterocycles. The second-order valence-electron chi connectivity index (χ2n) is 6.81. The molecule has 1 unspecified atom stereocenters. The summed E-state index contributed by atoms with van der Waals surface area (Å²) < 4.78 is 7.07. The van der Waals surface area contributed by atoms with Crippen LogP contribution in [-0.2, 0) is 13.0 Å². The molecule has 0 spiro atoms. The Bertz CT molecular complexity index is 844. The van der Waals surface area contributed by atoms with Crippen molar-refractivity contribution in [3.05, 3.63) is 41.5 Å². The average molecular weight is 370 g/mol. The predicted octanol–water partition coefficient (Wildman–Crippen LogP) is 3.01. The van der Waals surface area contributed by atoms with Crippen molar-refractivity contribution < 1.29 is 14.3 Å². The molecule has 7 nitrogen and oxygen atoms in total. The Balaban J connectivity index is 1.88. The summed E-state index contributed by atoms with van der Waals surface area (Å²) in [6, 6.07) is 7.21. The minimum Gasteiger partial charge on any atom is -0.497 e. The molecule has 2 heterocycles. The van der Waals surface area contributed by atoms with Gasteiger partial charge in [0.05, 0.1) is 12.8 Å². The van der Waals surface area contributed by atoms with Crippen LogP contribution in [0.25, 0.3) is 0 Å². The molecule has 2 amide bonds. The van der Waals surface area contributed by atoms with Gasteiger partial charge in [-0.3, -0.25) is 9.59 Å². The van der Waals surface area contributed by atoms with Crippen LogP contribution in [0.3, 0.4) is 0 Å². The summed E-state index contributed by atoms with van der Waals surface area (Å²) in [5.74, 6) is 0.401. The van der Waals surface area contributed by atoms with Gasteiger partial charge in [0.1, 0.15) is 11.4 Å². The van der Waals surface area contributed by atoms with E-state index in [-0.39, 0.29) is 23.7 Å². The van der Waals surface area contributed by atoms with Crippen molar-refractivity contribution in [3.8, 4) is 5.75 Å². The van der Waals surface area contributed by atoms with E-state index in [1.54, 1.807) is 25.3 Å². The minimum absolute atomic E-state index is 0.0625. The molecule has 0 radical (unpaired) electrons. The SMILES string of the molecule is CCC(C)NC(=O)c1nc(C(=O)Nc2cccc(OC)c2)n2c1CCCC2. The van der Waals surface area contributed by atoms with Crippen LogP contribution in [0.1, 0.15) is 59.9 Å². The molecule has 0 saturated heterocycles. The van der Waals surface area contributed by atoms with Crippen molar-refractivity contribution in [2.24, 2.45) is 0 Å². The van der Waals surface area contributed by atoms with E-state index in [2.05, 4.69) is 15.6 Å². The fourth-order valence-corrected chi connectivity index (χ4v) is 3.18. The summed E-state index contributed by atoms with van der Waals surface area (Å²) in [5, 5.41) is 5.80. The lowest BCUT2D eigenvalue weighted by atomic mass is 10.1. The highest BCUT2D eigenvalue weighted by molar-refractivity contribution is 6.03. The van der Waals surface area contributed by atoms with Gasteiger partial charge in [-0.05, 0) is 44.7 Å². The zero-order valence-electron chi connectivity index (χ0n) is 16.0. The van der Waals surface area contributed by atoms with Crippen molar-refractivity contribution in [1.82, 2.24) is 14.9 Å². The lowest BCUT2D eigenvalue weighted by Gasteiger charge is -2.17. The first-order valence-corrected chi connectivity index (χ1v) is 9.39. The van der Waals surface area contributed by atoms with Gasteiger partial charge in [-0.2, -0.15) is 0 Å². The number of amides is 2. The number of benzene rings is 1. The van der Waals surface area contributed by atoms with Gasteiger partial charge in [0.25, 0.3) is 11.8 Å². The van der Waals surface area contributed by atoms with E-state index in [0.29, 0.717) is 23.7 Å². The number of methoxy groups -OCH3 is 1. The normalized spacial score (nSPS) is 14.2. The van der Waals surface area contributed by atoms with Crippen LogP contribution in [0.5, 0.6) is 5.75 Å². The van der Waals surface area contributed by atoms with Crippen LogP contribution in [0.2, 0.25) is 0 Å². The topological polar surface area (TPSA) is 85.2 Å². The van der Waals surface area contributed by atoms with Gasteiger partial charge in [0.2, 0.25) is 0 Å². The first-order valence-electron chi connectivity index (χ1n) is 9.39. The van der Waals surface area contributed by atoms with Gasteiger partial charge < -0.3 is 19.9 Å². The number of rotatable bonds is 6. The maximum absolute atomic E-state index is 12.8. The molecule has 27 heavy (non-hydrogen) atoms. The van der Waals surface area contributed by atoms with Crippen LogP contribution < -0.4 is 15.4 Å². The summed E-state index contributed by atoms with van der Waals surface area (Å²) in [7, 11) is 1.58. The first-order chi connectivity index (χ1) is 13.0. The third-order valence-corrected chi connectivity index (χ3v) is 4.85. The van der Waals surface area contributed by atoms with Gasteiger partial charge in [-0.25, -0.2) is 4.98 Å². The van der Waals surface area contributed by atoms with Crippen LogP contribution in [0.15, 0.2) is 24.3 Å². The molecular formula is C20H26N4O3. The summed E-state index contributed by atoms with van der Waals surface area (Å²) in [5.41, 5.74) is 1.83. The van der Waals surface area contributed by atoms with Crippen LogP contribution >= 0.6 is 0 Å². The fraction of sp³-hybridized carbons (Fsp3) is 0.450. The number of aromatic nitrogens is 2. The van der Waals surface area contributed by atoms with Crippen molar-refractivity contribution in [2.75, 3.05) is 12.4 Å². The number of nitrogens with one attached hydrogen (secondary N) is 2. The van der Waals surface area contributed by atoms with Gasteiger partial charge >= 0.3 is 0 Å². The summed E-state index contributed by atoms with van der Waals surface area (Å²) in [6.45, 7) is 4.66. The lowest BCUT2D eigenvalue weighted by molar-refractivity contribution is 0.0933.